The third-order valence-electron chi connectivity index (χ3n) is 2.57. The topological polar surface area (TPSA) is 61.3 Å². The van der Waals surface area contributed by atoms with Crippen molar-refractivity contribution in [2.45, 2.75) is 25.9 Å². The number of nitrogens with one attached hydrogen (secondary N) is 1. The molecule has 1 aromatic heterocycles. The molecule has 1 rings (SSSR count). The smallest absolute Gasteiger partial charge is 0.395 e. The minimum atomic E-state index is -4.36. The third kappa shape index (κ3) is 4.84. The van der Waals surface area contributed by atoms with Gasteiger partial charge in [-0.05, 0) is 0 Å². The number of alkyl halides is 3. The molecule has 1 heterocycles. The number of aliphatic hydroxyl groups is 1. The molecule has 0 radical (unpaired) electrons. The van der Waals surface area contributed by atoms with Crippen molar-refractivity contribution in [2.75, 3.05) is 37.0 Å². The summed E-state index contributed by atoms with van der Waals surface area (Å²) in [6, 6.07) is 1.44. The maximum absolute atomic E-state index is 12.6. The van der Waals surface area contributed by atoms with Crippen molar-refractivity contribution in [3.05, 3.63) is 11.9 Å². The van der Waals surface area contributed by atoms with Crippen molar-refractivity contribution in [3.63, 3.8) is 0 Å². The van der Waals surface area contributed by atoms with Gasteiger partial charge in [-0.1, -0.05) is 13.8 Å². The van der Waals surface area contributed by atoms with E-state index in [9.17, 15) is 13.2 Å². The summed E-state index contributed by atoms with van der Waals surface area (Å²) in [6.45, 7) is 2.03. The summed E-state index contributed by atoms with van der Waals surface area (Å²) < 4.78 is 37.7. The molecule has 8 heteroatoms. The van der Waals surface area contributed by atoms with Crippen LogP contribution in [0.25, 0.3) is 0 Å². The van der Waals surface area contributed by atoms with E-state index in [2.05, 4.69) is 15.3 Å². The number of aliphatic hydroxyl groups excluding tert-OH is 1. The number of hydrogen-bond acceptors (Lipinski definition) is 5. The molecule has 0 aliphatic rings. The van der Waals surface area contributed by atoms with Crippen molar-refractivity contribution >= 4 is 11.6 Å². The molecule has 0 saturated heterocycles. The van der Waals surface area contributed by atoms with Crippen LogP contribution in [0.5, 0.6) is 0 Å². The molecule has 0 spiro atoms. The normalized spacial score (nSPS) is 11.8. The Kier molecular flexibility index (Phi) is 5.55. The van der Waals surface area contributed by atoms with Crippen LogP contribution in [0.15, 0.2) is 6.07 Å². The molecule has 1 aromatic rings. The number of hydrogen-bond donors (Lipinski definition) is 2. The summed E-state index contributed by atoms with van der Waals surface area (Å²) >= 11 is 0. The van der Waals surface area contributed by atoms with Crippen molar-refractivity contribution in [3.8, 4) is 0 Å². The quantitative estimate of drug-likeness (QED) is 0.840. The van der Waals surface area contributed by atoms with Gasteiger partial charge in [0.1, 0.15) is 24.0 Å². The lowest BCUT2D eigenvalue weighted by Gasteiger charge is -2.25. The molecule has 20 heavy (non-hydrogen) atoms. The predicted octanol–water partition coefficient (Wildman–Crippen LogP) is 2.00. The molecular weight excluding hydrogens is 273 g/mol. The number of nitrogens with zero attached hydrogens (tertiary/aromatic N) is 3. The van der Waals surface area contributed by atoms with Gasteiger partial charge in [0.25, 0.3) is 0 Å². The van der Waals surface area contributed by atoms with Crippen LogP contribution in [-0.2, 0) is 0 Å². The molecule has 0 aliphatic heterocycles. The lowest BCUT2D eigenvalue weighted by Crippen LogP contribution is -2.37. The van der Waals surface area contributed by atoms with Gasteiger partial charge in [-0.15, -0.1) is 0 Å². The molecule has 0 amide bonds. The zero-order chi connectivity index (χ0) is 15.3. The summed E-state index contributed by atoms with van der Waals surface area (Å²) in [4.78, 5) is 9.34. The van der Waals surface area contributed by atoms with Gasteiger partial charge in [-0.25, -0.2) is 9.97 Å². The van der Waals surface area contributed by atoms with Gasteiger partial charge in [-0.3, -0.25) is 0 Å². The fraction of sp³-hybridized carbons (Fsp3) is 0.667. The Balaban J connectivity index is 3.14. The summed E-state index contributed by atoms with van der Waals surface area (Å²) in [5.74, 6) is 1.05. The highest BCUT2D eigenvalue weighted by Crippen LogP contribution is 2.23. The van der Waals surface area contributed by atoms with E-state index in [0.29, 0.717) is 11.6 Å². The molecule has 0 atom stereocenters. The minimum absolute atomic E-state index is 0.0103. The summed E-state index contributed by atoms with van der Waals surface area (Å²) in [7, 11) is 1.64. The van der Waals surface area contributed by atoms with E-state index in [1.165, 1.54) is 6.07 Å². The first kappa shape index (κ1) is 16.5. The fourth-order valence-electron chi connectivity index (χ4n) is 1.61. The van der Waals surface area contributed by atoms with E-state index in [0.717, 1.165) is 4.90 Å². The van der Waals surface area contributed by atoms with Crippen LogP contribution in [0.1, 0.15) is 25.6 Å². The van der Waals surface area contributed by atoms with E-state index in [-0.39, 0.29) is 24.9 Å². The van der Waals surface area contributed by atoms with Gasteiger partial charge < -0.3 is 15.3 Å². The first-order valence-corrected chi connectivity index (χ1v) is 6.26. The highest BCUT2D eigenvalue weighted by atomic mass is 19.4. The van der Waals surface area contributed by atoms with Crippen molar-refractivity contribution in [2.24, 2.45) is 0 Å². The second kappa shape index (κ2) is 6.74. The van der Waals surface area contributed by atoms with E-state index in [4.69, 9.17) is 5.11 Å². The van der Waals surface area contributed by atoms with Crippen molar-refractivity contribution in [1.29, 1.82) is 0 Å². The molecule has 0 saturated carbocycles. The number of halogens is 3. The average Bonchev–Trinajstić information content (AvgIpc) is 2.36. The molecule has 114 valence electrons. The zero-order valence-corrected chi connectivity index (χ0v) is 11.7. The Labute approximate surface area is 115 Å². The zero-order valence-electron chi connectivity index (χ0n) is 11.7. The monoisotopic (exact) mass is 292 g/mol. The molecule has 0 unspecified atom stereocenters. The third-order valence-corrected chi connectivity index (χ3v) is 2.57. The number of aromatic nitrogens is 2. The Hall–Kier alpha value is -1.57. The van der Waals surface area contributed by atoms with Gasteiger partial charge in [0, 0.05) is 25.6 Å². The minimum Gasteiger partial charge on any atom is -0.395 e. The first-order chi connectivity index (χ1) is 9.26. The van der Waals surface area contributed by atoms with E-state index in [1.54, 1.807) is 7.05 Å². The first-order valence-electron chi connectivity index (χ1n) is 6.26. The largest absolute Gasteiger partial charge is 0.405 e. The molecule has 0 aromatic carbocycles. The van der Waals surface area contributed by atoms with E-state index < -0.39 is 12.7 Å². The van der Waals surface area contributed by atoms with E-state index in [1.807, 2.05) is 13.8 Å². The van der Waals surface area contributed by atoms with Crippen LogP contribution in [0.2, 0.25) is 0 Å². The van der Waals surface area contributed by atoms with Crippen molar-refractivity contribution in [1.82, 2.24) is 9.97 Å². The van der Waals surface area contributed by atoms with Crippen molar-refractivity contribution < 1.29 is 18.3 Å². The average molecular weight is 292 g/mol. The molecule has 0 bridgehead atoms. The van der Waals surface area contributed by atoms with Gasteiger partial charge in [0.05, 0.1) is 6.61 Å². The maximum atomic E-state index is 12.6. The molecule has 5 nitrogen and oxygen atoms in total. The second-order valence-electron chi connectivity index (χ2n) is 4.63. The highest BCUT2D eigenvalue weighted by Gasteiger charge is 2.31. The van der Waals surface area contributed by atoms with Crippen LogP contribution in [0.3, 0.4) is 0 Å². The number of rotatable bonds is 6. The molecule has 0 fully saturated rings. The summed E-state index contributed by atoms with van der Waals surface area (Å²) in [6.07, 6.45) is -4.36. The maximum Gasteiger partial charge on any atom is 0.405 e. The summed E-state index contributed by atoms with van der Waals surface area (Å²) in [5.41, 5.74) is 0. The molecular formula is C12H19F3N4O. The second-order valence-corrected chi connectivity index (χ2v) is 4.63. The van der Waals surface area contributed by atoms with Gasteiger partial charge >= 0.3 is 6.18 Å². The lowest BCUT2D eigenvalue weighted by atomic mass is 10.2. The Morgan fingerprint density at radius 3 is 2.45 bits per heavy atom. The fourth-order valence-corrected chi connectivity index (χ4v) is 1.61. The predicted molar refractivity (Wildman–Crippen MR) is 71.0 cm³/mol. The van der Waals surface area contributed by atoms with Gasteiger partial charge in [0.2, 0.25) is 0 Å². The Morgan fingerprint density at radius 1 is 1.35 bits per heavy atom. The SMILES string of the molecule is CNc1cc(N(CCO)CC(F)(F)F)nc(C(C)C)n1. The Bertz CT molecular complexity index is 437. The van der Waals surface area contributed by atoms with Crippen LogP contribution in [-0.4, -0.2) is 48.0 Å². The van der Waals surface area contributed by atoms with Crippen LogP contribution < -0.4 is 10.2 Å². The summed E-state index contributed by atoms with van der Waals surface area (Å²) in [5, 5.41) is 11.7. The standard InChI is InChI=1S/C12H19F3N4O/c1-8(2)11-17-9(16-3)6-10(18-11)19(4-5-20)7-12(13,14)15/h6,8,20H,4-5,7H2,1-3H3,(H,16,17,18). The van der Waals surface area contributed by atoms with Crippen LogP contribution in [0.4, 0.5) is 24.8 Å². The lowest BCUT2D eigenvalue weighted by molar-refractivity contribution is -0.120. The Morgan fingerprint density at radius 2 is 2.00 bits per heavy atom. The van der Waals surface area contributed by atoms with E-state index >= 15 is 0 Å². The van der Waals surface area contributed by atoms with Gasteiger partial charge in [-0.2, -0.15) is 13.2 Å². The van der Waals surface area contributed by atoms with Crippen LogP contribution in [0, 0.1) is 0 Å². The number of anilines is 2. The molecule has 0 aliphatic carbocycles. The van der Waals surface area contributed by atoms with Gasteiger partial charge in [0.15, 0.2) is 0 Å². The van der Waals surface area contributed by atoms with Crippen LogP contribution >= 0.6 is 0 Å². The highest BCUT2D eigenvalue weighted by molar-refractivity contribution is 5.49. The molecule has 2 N–H and O–H groups in total.